The summed E-state index contributed by atoms with van der Waals surface area (Å²) in [6, 6.07) is 8.69. The third-order valence-corrected chi connectivity index (χ3v) is 7.47. The Morgan fingerprint density at radius 1 is 1.07 bits per heavy atom. The van der Waals surface area contributed by atoms with Crippen molar-refractivity contribution in [1.29, 1.82) is 0 Å². The standard InChI is InChI=1S/C24H29N3OS/c1-28-22-11-9-18(10-12-22)23-16-29-24(26-21-5-3-2-4-6-21)27(23)25-15-20-14-17-7-8-19(20)13-17/h7-12,15-17,19-21H,2-6,13-14H2,1H3. The lowest BCUT2D eigenvalue weighted by Gasteiger charge is -2.17. The predicted octanol–water partition coefficient (Wildman–Crippen LogP) is 5.50. The van der Waals surface area contributed by atoms with Crippen molar-refractivity contribution < 1.29 is 4.74 Å². The molecule has 0 N–H and O–H groups in total. The topological polar surface area (TPSA) is 38.9 Å². The fraction of sp³-hybridized carbons (Fsp3) is 0.500. The highest BCUT2D eigenvalue weighted by atomic mass is 32.1. The highest BCUT2D eigenvalue weighted by molar-refractivity contribution is 7.07. The molecule has 1 aromatic heterocycles. The summed E-state index contributed by atoms with van der Waals surface area (Å²) in [6.45, 7) is 0. The zero-order chi connectivity index (χ0) is 19.6. The third-order valence-electron chi connectivity index (χ3n) is 6.64. The van der Waals surface area contributed by atoms with Gasteiger partial charge in [-0.2, -0.15) is 5.10 Å². The van der Waals surface area contributed by atoms with Crippen LogP contribution in [0.2, 0.25) is 0 Å². The molecular weight excluding hydrogens is 378 g/mol. The minimum Gasteiger partial charge on any atom is -0.497 e. The van der Waals surface area contributed by atoms with E-state index in [2.05, 4.69) is 40.6 Å². The molecule has 2 bridgehead atoms. The second kappa shape index (κ2) is 8.31. The summed E-state index contributed by atoms with van der Waals surface area (Å²) in [5, 5.41) is 7.19. The molecule has 1 heterocycles. The van der Waals surface area contributed by atoms with Crippen molar-refractivity contribution in [3.8, 4) is 17.0 Å². The van der Waals surface area contributed by atoms with E-state index in [0.29, 0.717) is 17.9 Å². The molecule has 0 radical (unpaired) electrons. The summed E-state index contributed by atoms with van der Waals surface area (Å²) < 4.78 is 7.41. The first-order valence-corrected chi connectivity index (χ1v) is 11.8. The van der Waals surface area contributed by atoms with E-state index in [4.69, 9.17) is 14.8 Å². The van der Waals surface area contributed by atoms with Gasteiger partial charge in [-0.1, -0.05) is 31.4 Å². The molecule has 29 heavy (non-hydrogen) atoms. The van der Waals surface area contributed by atoms with E-state index in [1.54, 1.807) is 18.4 Å². The summed E-state index contributed by atoms with van der Waals surface area (Å²) in [6.07, 6.45) is 15.9. The van der Waals surface area contributed by atoms with Crippen LogP contribution in [0.15, 0.2) is 51.9 Å². The van der Waals surface area contributed by atoms with Crippen LogP contribution in [0.3, 0.4) is 0 Å². The van der Waals surface area contributed by atoms with Crippen LogP contribution in [0.5, 0.6) is 5.75 Å². The van der Waals surface area contributed by atoms with Crippen LogP contribution in [-0.2, 0) is 0 Å². The van der Waals surface area contributed by atoms with Crippen LogP contribution in [0, 0.1) is 17.8 Å². The van der Waals surface area contributed by atoms with Gasteiger partial charge in [0.05, 0.1) is 18.8 Å². The van der Waals surface area contributed by atoms with Gasteiger partial charge in [0, 0.05) is 23.1 Å². The number of hydrogen-bond acceptors (Lipinski definition) is 4. The zero-order valence-electron chi connectivity index (χ0n) is 17.0. The lowest BCUT2D eigenvalue weighted by atomic mass is 9.95. The summed E-state index contributed by atoms with van der Waals surface area (Å²) in [5.41, 5.74) is 2.26. The Labute approximate surface area is 176 Å². The third kappa shape index (κ3) is 3.97. The van der Waals surface area contributed by atoms with E-state index < -0.39 is 0 Å². The zero-order valence-corrected chi connectivity index (χ0v) is 17.9. The van der Waals surface area contributed by atoms with Crippen LogP contribution in [0.4, 0.5) is 0 Å². The van der Waals surface area contributed by atoms with Gasteiger partial charge in [0.2, 0.25) is 4.80 Å². The van der Waals surface area contributed by atoms with Gasteiger partial charge < -0.3 is 4.74 Å². The normalized spacial score (nSPS) is 27.3. The fourth-order valence-electron chi connectivity index (χ4n) is 4.97. The van der Waals surface area contributed by atoms with Crippen molar-refractivity contribution >= 4 is 17.6 Å². The molecular formula is C24H29N3OS. The molecule has 1 aromatic carbocycles. The smallest absolute Gasteiger partial charge is 0.206 e. The number of thiazole rings is 1. The number of aromatic nitrogens is 1. The van der Waals surface area contributed by atoms with Gasteiger partial charge in [-0.3, -0.25) is 4.99 Å². The van der Waals surface area contributed by atoms with Crippen molar-refractivity contribution in [3.63, 3.8) is 0 Å². The van der Waals surface area contributed by atoms with E-state index in [-0.39, 0.29) is 0 Å². The van der Waals surface area contributed by atoms with Crippen LogP contribution in [0.1, 0.15) is 44.9 Å². The van der Waals surface area contributed by atoms with Gasteiger partial charge in [-0.05, 0) is 61.8 Å². The first-order valence-electron chi connectivity index (χ1n) is 10.9. The molecule has 2 saturated carbocycles. The predicted molar refractivity (Wildman–Crippen MR) is 119 cm³/mol. The molecule has 2 aromatic rings. The van der Waals surface area contributed by atoms with Crippen molar-refractivity contribution in [2.75, 3.05) is 7.11 Å². The van der Waals surface area contributed by atoms with Gasteiger partial charge in [-0.25, -0.2) is 4.68 Å². The molecule has 4 nitrogen and oxygen atoms in total. The average Bonchev–Trinajstić information content (AvgIpc) is 3.49. The Kier molecular flexibility index (Phi) is 5.40. The van der Waals surface area contributed by atoms with Crippen LogP contribution in [0.25, 0.3) is 11.3 Å². The minimum atomic E-state index is 0.443. The lowest BCUT2D eigenvalue weighted by Crippen LogP contribution is -2.19. The number of ether oxygens (including phenoxy) is 1. The molecule has 2 fully saturated rings. The Balaban J connectivity index is 1.50. The quantitative estimate of drug-likeness (QED) is 0.476. The second-order valence-corrected chi connectivity index (χ2v) is 9.41. The number of benzene rings is 1. The minimum absolute atomic E-state index is 0.443. The van der Waals surface area contributed by atoms with Crippen molar-refractivity contribution in [1.82, 2.24) is 4.68 Å². The molecule has 5 heteroatoms. The van der Waals surface area contributed by atoms with Crippen molar-refractivity contribution in [3.05, 3.63) is 46.6 Å². The number of hydrogen-bond donors (Lipinski definition) is 0. The average molecular weight is 408 g/mol. The molecule has 0 saturated heterocycles. The first-order chi connectivity index (χ1) is 14.3. The second-order valence-electron chi connectivity index (χ2n) is 8.57. The van der Waals surface area contributed by atoms with Crippen LogP contribution < -0.4 is 9.54 Å². The summed E-state index contributed by atoms with van der Waals surface area (Å²) in [4.78, 5) is 6.15. The van der Waals surface area contributed by atoms with Gasteiger partial charge in [0.25, 0.3) is 0 Å². The van der Waals surface area contributed by atoms with Gasteiger partial charge in [0.15, 0.2) is 0 Å². The molecule has 0 spiro atoms. The summed E-state index contributed by atoms with van der Waals surface area (Å²) in [5.74, 6) is 2.87. The van der Waals surface area contributed by atoms with E-state index >= 15 is 0 Å². The number of rotatable bonds is 5. The highest BCUT2D eigenvalue weighted by Gasteiger charge is 2.34. The van der Waals surface area contributed by atoms with Crippen LogP contribution in [-0.4, -0.2) is 24.0 Å². The molecule has 5 rings (SSSR count). The summed E-state index contributed by atoms with van der Waals surface area (Å²) >= 11 is 1.71. The van der Waals surface area contributed by atoms with E-state index in [9.17, 15) is 0 Å². The number of fused-ring (bicyclic) bond motifs is 2. The Bertz CT molecular complexity index is 963. The number of allylic oxidation sites excluding steroid dienone is 2. The number of nitrogens with zero attached hydrogens (tertiary/aromatic N) is 3. The number of methoxy groups -OCH3 is 1. The molecule has 3 aliphatic carbocycles. The first kappa shape index (κ1) is 18.9. The molecule has 3 aliphatic rings. The Morgan fingerprint density at radius 2 is 1.90 bits per heavy atom. The lowest BCUT2D eigenvalue weighted by molar-refractivity contribution is 0.415. The van der Waals surface area contributed by atoms with Crippen LogP contribution >= 0.6 is 11.3 Å². The van der Waals surface area contributed by atoms with Gasteiger partial charge in [-0.15, -0.1) is 11.3 Å². The maximum absolute atomic E-state index is 5.33. The molecule has 0 amide bonds. The Hall–Kier alpha value is -2.14. The maximum atomic E-state index is 5.33. The van der Waals surface area contributed by atoms with Crippen molar-refractivity contribution in [2.24, 2.45) is 27.8 Å². The van der Waals surface area contributed by atoms with E-state index in [1.807, 2.05) is 12.1 Å². The van der Waals surface area contributed by atoms with Gasteiger partial charge >= 0.3 is 0 Å². The van der Waals surface area contributed by atoms with Gasteiger partial charge in [0.1, 0.15) is 5.75 Å². The molecule has 152 valence electrons. The largest absolute Gasteiger partial charge is 0.497 e. The SMILES string of the molecule is COc1ccc(-c2csc(=NC3CCCCC3)n2N=CC2CC3C=CC2C3)cc1. The molecule has 3 atom stereocenters. The molecule has 3 unspecified atom stereocenters. The van der Waals surface area contributed by atoms with E-state index in [1.165, 1.54) is 44.9 Å². The van der Waals surface area contributed by atoms with Crippen molar-refractivity contribution in [2.45, 2.75) is 51.0 Å². The Morgan fingerprint density at radius 3 is 2.59 bits per heavy atom. The monoisotopic (exact) mass is 407 g/mol. The maximum Gasteiger partial charge on any atom is 0.206 e. The fourth-order valence-corrected chi connectivity index (χ4v) is 5.88. The summed E-state index contributed by atoms with van der Waals surface area (Å²) in [7, 11) is 1.70. The highest BCUT2D eigenvalue weighted by Crippen LogP contribution is 2.42. The van der Waals surface area contributed by atoms with E-state index in [0.717, 1.165) is 27.7 Å². The molecule has 0 aliphatic heterocycles.